The van der Waals surface area contributed by atoms with E-state index in [2.05, 4.69) is 21.3 Å². The maximum absolute atomic E-state index is 12.4. The fraction of sp³-hybridized carbons (Fsp3) is 0.556. The number of nitrogens with one attached hydrogen (secondary N) is 4. The monoisotopic (exact) mass is 368 g/mol. The van der Waals surface area contributed by atoms with E-state index in [0.29, 0.717) is 19.1 Å². The molecule has 25 heavy (non-hydrogen) atoms. The average Bonchev–Trinajstić information content (AvgIpc) is 3.10. The van der Waals surface area contributed by atoms with Gasteiger partial charge in [0.2, 0.25) is 5.91 Å². The Morgan fingerprint density at radius 2 is 1.92 bits per heavy atom. The zero-order chi connectivity index (χ0) is 17.4. The lowest BCUT2D eigenvalue weighted by atomic mass is 10.0. The molecule has 0 aromatic heterocycles. The first kappa shape index (κ1) is 21.3. The summed E-state index contributed by atoms with van der Waals surface area (Å²) in [7, 11) is 0. The molecule has 2 rings (SSSR count). The van der Waals surface area contributed by atoms with Crippen LogP contribution < -0.4 is 21.3 Å². The van der Waals surface area contributed by atoms with Gasteiger partial charge in [-0.2, -0.15) is 0 Å². The summed E-state index contributed by atoms with van der Waals surface area (Å²) in [4.78, 5) is 24.5. The number of hydrogen-bond acceptors (Lipinski definition) is 3. The predicted octanol–water partition coefficient (Wildman–Crippen LogP) is 1.80. The molecule has 0 saturated carbocycles. The normalized spacial score (nSPS) is 17.5. The Morgan fingerprint density at radius 1 is 1.20 bits per heavy atom. The van der Waals surface area contributed by atoms with Gasteiger partial charge in [0.05, 0.1) is 0 Å². The molecule has 1 aliphatic heterocycles. The first-order chi connectivity index (χ1) is 11.6. The molecule has 1 aromatic rings. The number of amides is 3. The third kappa shape index (κ3) is 7.32. The van der Waals surface area contributed by atoms with Crippen LogP contribution in [0.2, 0.25) is 0 Å². The maximum Gasteiger partial charge on any atom is 0.315 e. The maximum atomic E-state index is 12.4. The highest BCUT2D eigenvalue weighted by Gasteiger charge is 2.25. The molecule has 1 aliphatic rings. The smallest absolute Gasteiger partial charge is 0.315 e. The summed E-state index contributed by atoms with van der Waals surface area (Å²) in [5, 5.41) is 11.9. The van der Waals surface area contributed by atoms with Crippen LogP contribution in [0.4, 0.5) is 4.79 Å². The summed E-state index contributed by atoms with van der Waals surface area (Å²) in [5.74, 6) is -0.113. The number of hydrogen-bond donors (Lipinski definition) is 4. The Kier molecular flexibility index (Phi) is 9.31. The lowest BCUT2D eigenvalue weighted by molar-refractivity contribution is -0.123. The second-order valence-corrected chi connectivity index (χ2v) is 6.57. The van der Waals surface area contributed by atoms with E-state index in [1.165, 1.54) is 0 Å². The van der Waals surface area contributed by atoms with Gasteiger partial charge >= 0.3 is 6.03 Å². The molecule has 0 spiro atoms. The van der Waals surface area contributed by atoms with Crippen molar-refractivity contribution < 1.29 is 9.59 Å². The molecule has 2 unspecified atom stereocenters. The van der Waals surface area contributed by atoms with Gasteiger partial charge in [-0.1, -0.05) is 44.2 Å². The van der Waals surface area contributed by atoms with Gasteiger partial charge in [0.25, 0.3) is 0 Å². The van der Waals surface area contributed by atoms with Gasteiger partial charge < -0.3 is 21.3 Å². The molecule has 6 nitrogen and oxygen atoms in total. The van der Waals surface area contributed by atoms with Crippen LogP contribution in [0.5, 0.6) is 0 Å². The zero-order valence-corrected chi connectivity index (χ0v) is 15.7. The Labute approximate surface area is 155 Å². The Hall–Kier alpha value is -1.79. The number of benzene rings is 1. The fourth-order valence-corrected chi connectivity index (χ4v) is 2.77. The third-order valence-electron chi connectivity index (χ3n) is 4.22. The quantitative estimate of drug-likeness (QED) is 0.592. The molecule has 3 amide bonds. The van der Waals surface area contributed by atoms with Crippen LogP contribution in [0, 0.1) is 5.92 Å². The Balaban J connectivity index is 0.00000312. The number of carbonyl (C=O) groups excluding carboxylic acids is 2. The van der Waals surface area contributed by atoms with E-state index < -0.39 is 6.04 Å². The van der Waals surface area contributed by atoms with Crippen molar-refractivity contribution in [2.75, 3.05) is 13.1 Å². The van der Waals surface area contributed by atoms with Crippen LogP contribution in [0.3, 0.4) is 0 Å². The van der Waals surface area contributed by atoms with E-state index in [4.69, 9.17) is 0 Å². The molecule has 1 aromatic carbocycles. The highest BCUT2D eigenvalue weighted by molar-refractivity contribution is 5.87. The minimum Gasteiger partial charge on any atom is -0.353 e. The van der Waals surface area contributed by atoms with Crippen molar-refractivity contribution >= 4 is 24.3 Å². The van der Waals surface area contributed by atoms with Gasteiger partial charge in [0.15, 0.2) is 0 Å². The summed E-state index contributed by atoms with van der Waals surface area (Å²) in [6.45, 7) is 5.90. The number of carbonyl (C=O) groups is 2. The highest BCUT2D eigenvalue weighted by Crippen LogP contribution is 2.05. The molecule has 1 fully saturated rings. The van der Waals surface area contributed by atoms with E-state index in [-0.39, 0.29) is 30.3 Å². The molecule has 1 heterocycles. The van der Waals surface area contributed by atoms with Crippen LogP contribution in [0.1, 0.15) is 32.3 Å². The van der Waals surface area contributed by atoms with Gasteiger partial charge in [-0.05, 0) is 30.9 Å². The molecule has 1 saturated heterocycles. The van der Waals surface area contributed by atoms with Gasteiger partial charge in [-0.15, -0.1) is 12.4 Å². The third-order valence-corrected chi connectivity index (χ3v) is 4.22. The number of halogens is 1. The summed E-state index contributed by atoms with van der Waals surface area (Å²) < 4.78 is 0. The summed E-state index contributed by atoms with van der Waals surface area (Å²) in [6.07, 6.45) is 2.23. The van der Waals surface area contributed by atoms with Crippen molar-refractivity contribution in [1.82, 2.24) is 21.3 Å². The van der Waals surface area contributed by atoms with Crippen molar-refractivity contribution in [1.29, 1.82) is 0 Å². The standard InChI is InChI=1S/C18H28N4O2.ClH/c1-13(2)16(17(23)20-12-15-9-6-10-19-15)22-18(24)21-11-14-7-4-3-5-8-14;/h3-5,7-8,13,15-16,19H,6,9-12H2,1-2H3,(H,20,23)(H2,21,22,24);1H. The first-order valence-corrected chi connectivity index (χ1v) is 8.65. The van der Waals surface area contributed by atoms with Gasteiger partial charge in [-0.25, -0.2) is 4.79 Å². The van der Waals surface area contributed by atoms with Crippen LogP contribution in [0.25, 0.3) is 0 Å². The molecular weight excluding hydrogens is 340 g/mol. The predicted molar refractivity (Wildman–Crippen MR) is 102 cm³/mol. The van der Waals surface area contributed by atoms with E-state index in [1.54, 1.807) is 0 Å². The minimum atomic E-state index is -0.540. The molecule has 0 aliphatic carbocycles. The summed E-state index contributed by atoms with van der Waals surface area (Å²) in [5.41, 5.74) is 1.02. The van der Waals surface area contributed by atoms with Gasteiger partial charge in [-0.3, -0.25) is 4.79 Å². The lowest BCUT2D eigenvalue weighted by Crippen LogP contribution is -2.53. The Bertz CT molecular complexity index is 533. The number of urea groups is 1. The summed E-state index contributed by atoms with van der Waals surface area (Å²) in [6, 6.07) is 9.15. The minimum absolute atomic E-state index is 0. The van der Waals surface area contributed by atoms with Crippen molar-refractivity contribution in [3.8, 4) is 0 Å². The van der Waals surface area contributed by atoms with Crippen molar-refractivity contribution in [2.24, 2.45) is 5.92 Å². The average molecular weight is 369 g/mol. The fourth-order valence-electron chi connectivity index (χ4n) is 2.77. The summed E-state index contributed by atoms with van der Waals surface area (Å²) >= 11 is 0. The molecule has 2 atom stereocenters. The molecule has 0 bridgehead atoms. The van der Waals surface area contributed by atoms with E-state index in [9.17, 15) is 9.59 Å². The largest absolute Gasteiger partial charge is 0.353 e. The van der Waals surface area contributed by atoms with Crippen LogP contribution in [-0.4, -0.2) is 37.1 Å². The van der Waals surface area contributed by atoms with Gasteiger partial charge in [0, 0.05) is 19.1 Å². The highest BCUT2D eigenvalue weighted by atomic mass is 35.5. The second kappa shape index (κ2) is 10.9. The molecule has 0 radical (unpaired) electrons. The van der Waals surface area contributed by atoms with E-state index >= 15 is 0 Å². The van der Waals surface area contributed by atoms with Crippen molar-refractivity contribution in [3.63, 3.8) is 0 Å². The lowest BCUT2D eigenvalue weighted by Gasteiger charge is -2.23. The Morgan fingerprint density at radius 3 is 2.52 bits per heavy atom. The number of rotatable bonds is 7. The first-order valence-electron chi connectivity index (χ1n) is 8.65. The molecule has 7 heteroatoms. The SMILES string of the molecule is CC(C)C(NC(=O)NCc1ccccc1)C(=O)NCC1CCCN1.Cl. The van der Waals surface area contributed by atoms with Crippen LogP contribution in [-0.2, 0) is 11.3 Å². The van der Waals surface area contributed by atoms with Crippen molar-refractivity contribution in [2.45, 2.75) is 45.3 Å². The van der Waals surface area contributed by atoms with Crippen LogP contribution in [0.15, 0.2) is 30.3 Å². The van der Waals surface area contributed by atoms with Crippen molar-refractivity contribution in [3.05, 3.63) is 35.9 Å². The topological polar surface area (TPSA) is 82.3 Å². The molecule has 140 valence electrons. The second-order valence-electron chi connectivity index (χ2n) is 6.57. The van der Waals surface area contributed by atoms with E-state index in [1.807, 2.05) is 44.2 Å². The zero-order valence-electron chi connectivity index (χ0n) is 14.9. The van der Waals surface area contributed by atoms with E-state index in [0.717, 1.165) is 24.9 Å². The molecular formula is C18H29ClN4O2. The van der Waals surface area contributed by atoms with Crippen LogP contribution >= 0.6 is 12.4 Å². The van der Waals surface area contributed by atoms with Gasteiger partial charge in [0.1, 0.15) is 6.04 Å². The molecule has 4 N–H and O–H groups in total.